The van der Waals surface area contributed by atoms with Gasteiger partial charge < -0.3 is 5.32 Å². The third-order valence-corrected chi connectivity index (χ3v) is 3.06. The molecule has 1 unspecified atom stereocenters. The fourth-order valence-corrected chi connectivity index (χ4v) is 2.18. The largest absolute Gasteiger partial charge is 0.318 e. The summed E-state index contributed by atoms with van der Waals surface area (Å²) in [6.45, 7) is 2.16. The molecule has 1 aromatic rings. The summed E-state index contributed by atoms with van der Waals surface area (Å²) in [5.74, 6) is 0. The predicted octanol–water partition coefficient (Wildman–Crippen LogP) is 2.11. The van der Waals surface area contributed by atoms with E-state index in [0.717, 1.165) is 13.1 Å². The van der Waals surface area contributed by atoms with Crippen LogP contribution < -0.4 is 5.32 Å². The van der Waals surface area contributed by atoms with Crippen molar-refractivity contribution in [2.45, 2.75) is 19.0 Å². The van der Waals surface area contributed by atoms with Crippen LogP contribution in [0, 0.1) is 0 Å². The zero-order chi connectivity index (χ0) is 9.97. The molecule has 0 fully saturated rings. The zero-order valence-electron chi connectivity index (χ0n) is 9.77. The van der Waals surface area contributed by atoms with Crippen molar-refractivity contribution in [1.29, 1.82) is 0 Å². The number of halogens is 2. The summed E-state index contributed by atoms with van der Waals surface area (Å²) in [5, 5.41) is 3.26. The highest BCUT2D eigenvalue weighted by atomic mass is 35.5. The summed E-state index contributed by atoms with van der Waals surface area (Å²) in [6.07, 6.45) is 1.17. The highest BCUT2D eigenvalue weighted by Gasteiger charge is 2.21. The summed E-state index contributed by atoms with van der Waals surface area (Å²) in [6, 6.07) is 9.41. The van der Waals surface area contributed by atoms with E-state index >= 15 is 0 Å². The molecule has 0 spiro atoms. The average Bonchev–Trinajstić information content (AvgIpc) is 2.19. The summed E-state index contributed by atoms with van der Waals surface area (Å²) >= 11 is 0. The molecular formula is C12H20Cl2N2. The Morgan fingerprint density at radius 3 is 2.50 bits per heavy atom. The topological polar surface area (TPSA) is 15.3 Å². The summed E-state index contributed by atoms with van der Waals surface area (Å²) in [4.78, 5) is 2.43. The third-order valence-electron chi connectivity index (χ3n) is 3.06. The Morgan fingerprint density at radius 1 is 1.25 bits per heavy atom. The molecule has 92 valence electrons. The van der Waals surface area contributed by atoms with Crippen molar-refractivity contribution >= 4 is 24.8 Å². The molecule has 0 bridgehead atoms. The normalized spacial score (nSPS) is 19.2. The molecule has 2 nitrogen and oxygen atoms in total. The molecule has 0 aliphatic carbocycles. The van der Waals surface area contributed by atoms with E-state index in [1.807, 2.05) is 7.05 Å². The van der Waals surface area contributed by atoms with Gasteiger partial charge in [0.25, 0.3) is 0 Å². The number of benzene rings is 1. The van der Waals surface area contributed by atoms with E-state index in [1.165, 1.54) is 17.5 Å². The quantitative estimate of drug-likeness (QED) is 0.879. The molecule has 1 aromatic carbocycles. The van der Waals surface area contributed by atoms with E-state index in [0.29, 0.717) is 6.04 Å². The minimum atomic E-state index is 0. The van der Waals surface area contributed by atoms with Crippen molar-refractivity contribution < 1.29 is 0 Å². The van der Waals surface area contributed by atoms with Crippen LogP contribution in [0.25, 0.3) is 0 Å². The third kappa shape index (κ3) is 3.36. The van der Waals surface area contributed by atoms with E-state index in [-0.39, 0.29) is 24.8 Å². The zero-order valence-corrected chi connectivity index (χ0v) is 11.4. The maximum Gasteiger partial charge on any atom is 0.0261 e. The van der Waals surface area contributed by atoms with Gasteiger partial charge in [0.2, 0.25) is 0 Å². The van der Waals surface area contributed by atoms with Crippen LogP contribution in [0.1, 0.15) is 11.1 Å². The molecule has 0 radical (unpaired) electrons. The average molecular weight is 263 g/mol. The van der Waals surface area contributed by atoms with Gasteiger partial charge in [-0.1, -0.05) is 24.3 Å². The van der Waals surface area contributed by atoms with Gasteiger partial charge in [-0.2, -0.15) is 0 Å². The maximum absolute atomic E-state index is 3.26. The van der Waals surface area contributed by atoms with Gasteiger partial charge in [0.05, 0.1) is 0 Å². The molecule has 0 aromatic heterocycles. The number of rotatable bonds is 2. The van der Waals surface area contributed by atoms with Gasteiger partial charge in [0.1, 0.15) is 0 Å². The first kappa shape index (κ1) is 15.7. The van der Waals surface area contributed by atoms with Gasteiger partial charge in [-0.05, 0) is 31.6 Å². The Balaban J connectivity index is 0.00000112. The molecule has 4 heteroatoms. The minimum absolute atomic E-state index is 0. The number of nitrogens with one attached hydrogen (secondary N) is 1. The molecule has 0 saturated carbocycles. The standard InChI is InChI=1S/C12H18N2.2ClH/c1-13-8-12-7-10-5-3-4-6-11(10)9-14(12)2;;/h3-6,12-13H,7-9H2,1-2H3;2*1H. The van der Waals surface area contributed by atoms with Crippen LogP contribution >= 0.6 is 24.8 Å². The number of fused-ring (bicyclic) bond motifs is 1. The van der Waals surface area contributed by atoms with Crippen LogP contribution in [0.4, 0.5) is 0 Å². The van der Waals surface area contributed by atoms with E-state index in [2.05, 4.69) is 41.5 Å². The highest BCUT2D eigenvalue weighted by Crippen LogP contribution is 2.21. The van der Waals surface area contributed by atoms with Crippen LogP contribution in [0.5, 0.6) is 0 Å². The van der Waals surface area contributed by atoms with Crippen LogP contribution in [-0.4, -0.2) is 31.6 Å². The van der Waals surface area contributed by atoms with E-state index < -0.39 is 0 Å². The van der Waals surface area contributed by atoms with E-state index in [1.54, 1.807) is 0 Å². The van der Waals surface area contributed by atoms with Gasteiger partial charge in [-0.3, -0.25) is 4.90 Å². The van der Waals surface area contributed by atoms with Gasteiger partial charge in [0.15, 0.2) is 0 Å². The molecule has 2 rings (SSSR count). The Morgan fingerprint density at radius 2 is 1.88 bits per heavy atom. The monoisotopic (exact) mass is 262 g/mol. The second kappa shape index (κ2) is 7.13. The molecule has 1 aliphatic rings. The molecule has 1 N–H and O–H groups in total. The molecule has 0 saturated heterocycles. The van der Waals surface area contributed by atoms with Gasteiger partial charge in [0, 0.05) is 19.1 Å². The smallest absolute Gasteiger partial charge is 0.0261 e. The van der Waals surface area contributed by atoms with E-state index in [4.69, 9.17) is 0 Å². The molecule has 1 heterocycles. The first-order valence-electron chi connectivity index (χ1n) is 5.23. The molecule has 16 heavy (non-hydrogen) atoms. The second-order valence-corrected chi connectivity index (χ2v) is 4.10. The fourth-order valence-electron chi connectivity index (χ4n) is 2.18. The SMILES string of the molecule is CNCC1Cc2ccccc2CN1C.Cl.Cl. The number of hydrogen-bond acceptors (Lipinski definition) is 2. The second-order valence-electron chi connectivity index (χ2n) is 4.10. The van der Waals surface area contributed by atoms with E-state index in [9.17, 15) is 0 Å². The Kier molecular flexibility index (Phi) is 7.00. The maximum atomic E-state index is 3.26. The Bertz CT molecular complexity index is 318. The van der Waals surface area contributed by atoms with Crippen molar-refractivity contribution in [2.24, 2.45) is 0 Å². The number of nitrogens with zero attached hydrogens (tertiary/aromatic N) is 1. The number of likely N-dealkylation sites (N-methyl/N-ethyl adjacent to an activating group) is 2. The Hall–Kier alpha value is -0.280. The first-order valence-corrected chi connectivity index (χ1v) is 5.23. The Labute approximate surface area is 110 Å². The highest BCUT2D eigenvalue weighted by molar-refractivity contribution is 5.85. The van der Waals surface area contributed by atoms with Crippen molar-refractivity contribution in [3.05, 3.63) is 35.4 Å². The molecule has 1 aliphatic heterocycles. The number of hydrogen-bond donors (Lipinski definition) is 1. The fraction of sp³-hybridized carbons (Fsp3) is 0.500. The molecular weight excluding hydrogens is 243 g/mol. The van der Waals surface area contributed by atoms with Gasteiger partial charge >= 0.3 is 0 Å². The lowest BCUT2D eigenvalue weighted by Gasteiger charge is -2.33. The van der Waals surface area contributed by atoms with Crippen LogP contribution in [0.15, 0.2) is 24.3 Å². The van der Waals surface area contributed by atoms with Gasteiger partial charge in [-0.25, -0.2) is 0 Å². The first-order chi connectivity index (χ1) is 6.81. The lowest BCUT2D eigenvalue weighted by atomic mass is 9.94. The van der Waals surface area contributed by atoms with Crippen molar-refractivity contribution in [2.75, 3.05) is 20.6 Å². The van der Waals surface area contributed by atoms with Gasteiger partial charge in [-0.15, -0.1) is 24.8 Å². The van der Waals surface area contributed by atoms with Crippen molar-refractivity contribution in [3.63, 3.8) is 0 Å². The molecule has 0 amide bonds. The van der Waals surface area contributed by atoms with Crippen LogP contribution in [-0.2, 0) is 13.0 Å². The van der Waals surface area contributed by atoms with Crippen LogP contribution in [0.3, 0.4) is 0 Å². The van der Waals surface area contributed by atoms with Crippen molar-refractivity contribution in [1.82, 2.24) is 10.2 Å². The lowest BCUT2D eigenvalue weighted by molar-refractivity contribution is 0.213. The van der Waals surface area contributed by atoms with Crippen molar-refractivity contribution in [3.8, 4) is 0 Å². The summed E-state index contributed by atoms with van der Waals surface area (Å²) in [5.41, 5.74) is 3.01. The lowest BCUT2D eigenvalue weighted by Crippen LogP contribution is -2.43. The summed E-state index contributed by atoms with van der Waals surface area (Å²) in [7, 11) is 4.23. The predicted molar refractivity (Wildman–Crippen MR) is 73.8 cm³/mol. The minimum Gasteiger partial charge on any atom is -0.318 e. The molecule has 1 atom stereocenters. The van der Waals surface area contributed by atoms with Crippen LogP contribution in [0.2, 0.25) is 0 Å². The summed E-state index contributed by atoms with van der Waals surface area (Å²) < 4.78 is 0.